The van der Waals surface area contributed by atoms with E-state index in [1.807, 2.05) is 44.2 Å². The zero-order valence-corrected chi connectivity index (χ0v) is 18.2. The summed E-state index contributed by atoms with van der Waals surface area (Å²) in [7, 11) is 0. The van der Waals surface area contributed by atoms with E-state index in [-0.39, 0.29) is 30.4 Å². The molecule has 1 unspecified atom stereocenters. The van der Waals surface area contributed by atoms with Crippen molar-refractivity contribution in [2.24, 2.45) is 5.92 Å². The number of anilines is 2. The van der Waals surface area contributed by atoms with Crippen LogP contribution in [0.15, 0.2) is 24.3 Å². The third-order valence-corrected chi connectivity index (χ3v) is 5.91. The molecule has 3 rings (SSSR count). The molecule has 2 fully saturated rings. The highest BCUT2D eigenvalue weighted by atomic mass is 32.1. The number of nitriles is 1. The Hall–Kier alpha value is -2.86. The van der Waals surface area contributed by atoms with Crippen molar-refractivity contribution in [3.05, 3.63) is 24.3 Å². The molecule has 1 N–H and O–H groups in total. The van der Waals surface area contributed by atoms with Crippen LogP contribution in [0, 0.1) is 17.2 Å². The van der Waals surface area contributed by atoms with Gasteiger partial charge < -0.3 is 19.9 Å². The molecule has 0 saturated carbocycles. The van der Waals surface area contributed by atoms with E-state index in [4.69, 9.17) is 22.2 Å². The third-order valence-electron chi connectivity index (χ3n) is 5.29. The van der Waals surface area contributed by atoms with Crippen LogP contribution in [0.4, 0.5) is 16.2 Å². The second kappa shape index (κ2) is 9.76. The van der Waals surface area contributed by atoms with Gasteiger partial charge in [-0.1, -0.05) is 26.1 Å². The van der Waals surface area contributed by atoms with Crippen LogP contribution in [-0.4, -0.2) is 67.3 Å². The van der Waals surface area contributed by atoms with Gasteiger partial charge in [-0.3, -0.25) is 9.69 Å². The van der Waals surface area contributed by atoms with Crippen LogP contribution in [0.25, 0.3) is 0 Å². The van der Waals surface area contributed by atoms with Crippen molar-refractivity contribution in [1.82, 2.24) is 10.2 Å². The quantitative estimate of drug-likeness (QED) is 0.693. The van der Waals surface area contributed by atoms with Gasteiger partial charge in [0.25, 0.3) is 0 Å². The number of nitrogens with one attached hydrogen (secondary N) is 1. The van der Waals surface area contributed by atoms with Crippen molar-refractivity contribution in [2.75, 3.05) is 49.1 Å². The first kappa shape index (κ1) is 21.8. The number of hydrogen-bond donors (Lipinski definition) is 1. The van der Waals surface area contributed by atoms with Gasteiger partial charge in [-0.05, 0) is 24.3 Å². The van der Waals surface area contributed by atoms with E-state index in [0.717, 1.165) is 16.4 Å². The molecule has 2 aliphatic rings. The van der Waals surface area contributed by atoms with Crippen LogP contribution in [0.1, 0.15) is 20.3 Å². The predicted octanol–water partition coefficient (Wildman–Crippen LogP) is 2.15. The van der Waals surface area contributed by atoms with E-state index in [0.29, 0.717) is 39.3 Å². The fourth-order valence-electron chi connectivity index (χ4n) is 3.49. The largest absolute Gasteiger partial charge is 0.442 e. The first-order valence-corrected chi connectivity index (χ1v) is 10.6. The van der Waals surface area contributed by atoms with E-state index >= 15 is 0 Å². The molecule has 2 saturated heterocycles. The summed E-state index contributed by atoms with van der Waals surface area (Å²) in [5.74, 6) is 0.144. The molecule has 0 bridgehead atoms. The summed E-state index contributed by atoms with van der Waals surface area (Å²) in [6.07, 6.45) is -0.664. The van der Waals surface area contributed by atoms with Crippen molar-refractivity contribution < 1.29 is 14.3 Å². The van der Waals surface area contributed by atoms with Crippen LogP contribution < -0.4 is 15.1 Å². The minimum atomic E-state index is -0.352. The summed E-state index contributed by atoms with van der Waals surface area (Å²) in [5, 5.41) is 11.8. The summed E-state index contributed by atoms with van der Waals surface area (Å²) in [5.41, 5.74) is 1.83. The van der Waals surface area contributed by atoms with Crippen LogP contribution in [0.5, 0.6) is 0 Å². The average molecular weight is 430 g/mol. The standard InChI is InChI=1S/C21H27N5O3S/c1-15(2)20(30)23-13-18-14-26(21(28)29-18)17-5-3-16(4-6-17)24-9-11-25(12-10-24)19(27)7-8-22/h3-6,15,18H,7,9-14H2,1-2H3,(H,23,30). The van der Waals surface area contributed by atoms with Crippen molar-refractivity contribution >= 4 is 40.6 Å². The number of benzene rings is 1. The highest BCUT2D eigenvalue weighted by Crippen LogP contribution is 2.25. The summed E-state index contributed by atoms with van der Waals surface area (Å²) in [4.78, 5) is 30.4. The summed E-state index contributed by atoms with van der Waals surface area (Å²) < 4.78 is 5.45. The Morgan fingerprint density at radius 3 is 2.47 bits per heavy atom. The van der Waals surface area contributed by atoms with Gasteiger partial charge in [0.2, 0.25) is 5.91 Å². The highest BCUT2D eigenvalue weighted by molar-refractivity contribution is 7.80. The number of carbonyl (C=O) groups is 2. The van der Waals surface area contributed by atoms with Crippen LogP contribution >= 0.6 is 12.2 Å². The lowest BCUT2D eigenvalue weighted by Gasteiger charge is -2.36. The molecule has 0 aliphatic carbocycles. The van der Waals surface area contributed by atoms with E-state index in [1.54, 1.807) is 9.80 Å². The second-order valence-corrected chi connectivity index (χ2v) is 8.18. The van der Waals surface area contributed by atoms with Crippen molar-refractivity contribution in [3.63, 3.8) is 0 Å². The number of rotatable bonds is 6. The van der Waals surface area contributed by atoms with Crippen molar-refractivity contribution in [1.29, 1.82) is 5.26 Å². The second-order valence-electron chi connectivity index (χ2n) is 7.74. The topological polar surface area (TPSA) is 88.9 Å². The van der Waals surface area contributed by atoms with Gasteiger partial charge in [-0.15, -0.1) is 0 Å². The van der Waals surface area contributed by atoms with Gasteiger partial charge in [-0.2, -0.15) is 5.26 Å². The minimum absolute atomic E-state index is 0.0690. The number of amides is 2. The Kier molecular flexibility index (Phi) is 7.11. The van der Waals surface area contributed by atoms with E-state index in [1.165, 1.54) is 0 Å². The van der Waals surface area contributed by atoms with Crippen molar-refractivity contribution in [3.8, 4) is 6.07 Å². The van der Waals surface area contributed by atoms with Gasteiger partial charge >= 0.3 is 6.09 Å². The molecule has 30 heavy (non-hydrogen) atoms. The maximum Gasteiger partial charge on any atom is 0.414 e. The zero-order chi connectivity index (χ0) is 21.7. The Bertz CT molecular complexity index is 828. The highest BCUT2D eigenvalue weighted by Gasteiger charge is 2.32. The molecule has 2 aliphatic heterocycles. The Balaban J connectivity index is 1.53. The van der Waals surface area contributed by atoms with Crippen LogP contribution in [0.2, 0.25) is 0 Å². The molecule has 2 heterocycles. The Labute approximate surface area is 182 Å². The molecule has 8 nitrogen and oxygen atoms in total. The van der Waals surface area contributed by atoms with E-state index in [9.17, 15) is 9.59 Å². The van der Waals surface area contributed by atoms with Gasteiger partial charge in [-0.25, -0.2) is 4.79 Å². The van der Waals surface area contributed by atoms with Gasteiger partial charge in [0.15, 0.2) is 0 Å². The zero-order valence-electron chi connectivity index (χ0n) is 17.3. The monoisotopic (exact) mass is 429 g/mol. The fraction of sp³-hybridized carbons (Fsp3) is 0.524. The smallest absolute Gasteiger partial charge is 0.414 e. The van der Waals surface area contributed by atoms with Crippen LogP contribution in [-0.2, 0) is 9.53 Å². The maximum atomic E-state index is 12.3. The number of carbonyl (C=O) groups excluding carboxylic acids is 2. The van der Waals surface area contributed by atoms with E-state index in [2.05, 4.69) is 10.2 Å². The molecule has 1 aromatic carbocycles. The molecule has 160 valence electrons. The summed E-state index contributed by atoms with van der Waals surface area (Å²) in [6, 6.07) is 9.70. The number of cyclic esters (lactones) is 1. The summed E-state index contributed by atoms with van der Waals surface area (Å²) in [6.45, 7) is 7.67. The fourth-order valence-corrected chi connectivity index (χ4v) is 3.58. The molecule has 2 amide bonds. The molecule has 1 atom stereocenters. The number of nitrogens with zero attached hydrogens (tertiary/aromatic N) is 4. The van der Waals surface area contributed by atoms with Gasteiger partial charge in [0.05, 0.1) is 24.1 Å². The predicted molar refractivity (Wildman–Crippen MR) is 119 cm³/mol. The van der Waals surface area contributed by atoms with Gasteiger partial charge in [0, 0.05) is 43.5 Å². The first-order chi connectivity index (χ1) is 14.4. The molecular weight excluding hydrogens is 402 g/mol. The molecule has 1 aromatic rings. The number of hydrogen-bond acceptors (Lipinski definition) is 6. The Morgan fingerprint density at radius 2 is 1.87 bits per heavy atom. The third kappa shape index (κ3) is 5.19. The molecule has 0 radical (unpaired) electrons. The lowest BCUT2D eigenvalue weighted by molar-refractivity contribution is -0.130. The lowest BCUT2D eigenvalue weighted by Crippen LogP contribution is -2.48. The molecule has 9 heteroatoms. The van der Waals surface area contributed by atoms with Gasteiger partial charge in [0.1, 0.15) is 12.5 Å². The molecule has 0 spiro atoms. The first-order valence-electron chi connectivity index (χ1n) is 10.1. The minimum Gasteiger partial charge on any atom is -0.442 e. The number of piperazine rings is 1. The molecule has 0 aromatic heterocycles. The molecular formula is C21H27N5O3S. The average Bonchev–Trinajstić information content (AvgIpc) is 3.13. The number of thiocarbonyl (C=S) groups is 1. The summed E-state index contributed by atoms with van der Waals surface area (Å²) >= 11 is 5.27. The normalized spacial score (nSPS) is 18.9. The Morgan fingerprint density at radius 1 is 1.23 bits per heavy atom. The van der Waals surface area contributed by atoms with E-state index < -0.39 is 0 Å². The number of ether oxygens (including phenoxy) is 1. The van der Waals surface area contributed by atoms with Crippen molar-refractivity contribution in [2.45, 2.75) is 26.4 Å². The lowest BCUT2D eigenvalue weighted by atomic mass is 10.2. The maximum absolute atomic E-state index is 12.3. The van der Waals surface area contributed by atoms with Crippen LogP contribution in [0.3, 0.4) is 0 Å². The SMILES string of the molecule is CC(C)C(=S)NCC1CN(c2ccc(N3CCN(C(=O)CC#N)CC3)cc2)C(=O)O1.